The van der Waals surface area contributed by atoms with Crippen molar-refractivity contribution in [1.29, 1.82) is 0 Å². The van der Waals surface area contributed by atoms with E-state index in [9.17, 15) is 4.79 Å². The second kappa shape index (κ2) is 18.6. The SMILES string of the molecule is Nc1ccccc1.[2H]C([2H])(c1ccccc1)C([2H])([2H])N1CCC(=O)CC1.[2H]C1([2H])CN(C([2H])([2H])C([2H])([2H])c2ccccc2)CCC1Nc1ccccc1. The number of likely N-dealkylation sites (tertiary alicyclic amines) is 2. The molecule has 226 valence electrons. The molecule has 1 unspecified atom stereocenters. The number of benzene rings is 4. The monoisotopic (exact) mass is 586 g/mol. The topological polar surface area (TPSA) is 61.6 Å². The van der Waals surface area contributed by atoms with E-state index in [2.05, 4.69) is 5.32 Å². The molecule has 2 aliphatic rings. The number of Topliss-reactive ketones (excluding diaryl/α,β-unsaturated/α-hetero) is 1. The first kappa shape index (κ1) is 20.9. The second-order valence-corrected chi connectivity index (χ2v) is 10.1. The van der Waals surface area contributed by atoms with Gasteiger partial charge in [-0.15, -0.1) is 0 Å². The summed E-state index contributed by atoms with van der Waals surface area (Å²) in [6, 6.07) is 35.0. The summed E-state index contributed by atoms with van der Waals surface area (Å²) in [6.07, 6.45) is -5.10. The lowest BCUT2D eigenvalue weighted by Gasteiger charge is -2.32. The van der Waals surface area contributed by atoms with Gasteiger partial charge < -0.3 is 20.9 Å². The molecule has 2 fully saturated rings. The molecule has 6 rings (SSSR count). The zero-order valence-electron chi connectivity index (χ0n) is 34.5. The van der Waals surface area contributed by atoms with Crippen LogP contribution in [-0.4, -0.2) is 60.8 Å². The molecule has 0 radical (unpaired) electrons. The van der Waals surface area contributed by atoms with Crippen LogP contribution in [0.2, 0.25) is 0 Å². The third-order valence-electron chi connectivity index (χ3n) is 6.72. The van der Waals surface area contributed by atoms with Crippen LogP contribution in [0, 0.1) is 0 Å². The third-order valence-corrected chi connectivity index (χ3v) is 6.72. The number of hydrogen-bond acceptors (Lipinski definition) is 5. The van der Waals surface area contributed by atoms with Crippen molar-refractivity contribution in [2.75, 3.05) is 50.2 Å². The number of nitrogen functional groups attached to an aromatic ring is 1. The Balaban J connectivity index is 0.000000208. The van der Waals surface area contributed by atoms with Gasteiger partial charge in [-0.3, -0.25) is 4.79 Å². The molecule has 0 spiro atoms. The van der Waals surface area contributed by atoms with E-state index in [4.69, 9.17) is 19.4 Å². The first-order chi connectivity index (χ1) is 24.9. The van der Waals surface area contributed by atoms with Crippen molar-refractivity contribution < 1.29 is 18.5 Å². The first-order valence-electron chi connectivity index (χ1n) is 19.6. The summed E-state index contributed by atoms with van der Waals surface area (Å²) in [5, 5.41) is 3.20. The molecule has 0 saturated carbocycles. The summed E-state index contributed by atoms with van der Waals surface area (Å²) in [7, 11) is 0. The Hall–Kier alpha value is -3.93. The number of para-hydroxylation sites is 2. The van der Waals surface area contributed by atoms with Crippen molar-refractivity contribution in [3.8, 4) is 0 Å². The number of carbonyl (C=O) groups is 1. The number of nitrogens with two attached hydrogens (primary N) is 1. The summed E-state index contributed by atoms with van der Waals surface area (Å²) < 4.78 is 83.0. The molecule has 43 heavy (non-hydrogen) atoms. The predicted molar refractivity (Wildman–Crippen MR) is 181 cm³/mol. The van der Waals surface area contributed by atoms with Crippen molar-refractivity contribution >= 4 is 17.2 Å². The Morgan fingerprint density at radius 3 is 1.60 bits per heavy atom. The van der Waals surface area contributed by atoms with Gasteiger partial charge in [0.1, 0.15) is 5.78 Å². The number of ketones is 1. The Morgan fingerprint density at radius 1 is 0.674 bits per heavy atom. The molecule has 2 heterocycles. The standard InChI is InChI=1S/C19H24N2.C13H17NO.C6H7N/c1-3-7-17(8-4-1)11-14-21-15-12-19(13-16-21)20-18-9-5-2-6-10-18;15-13-7-10-14(11-8-13)9-6-12-4-2-1-3-5-12;7-6-4-2-1-3-5-6/h1-10,19-20H,11-16H2;1-5H,6-11H2;1-5H,7H2/i11D2,12D2,14D2;6D2,9D2;. The molecule has 0 aliphatic carbocycles. The minimum Gasteiger partial charge on any atom is -0.399 e. The molecule has 1 atom stereocenters. The number of piperidine rings is 2. The highest BCUT2D eigenvalue weighted by Crippen LogP contribution is 2.17. The van der Waals surface area contributed by atoms with Gasteiger partial charge in [-0.05, 0) is 60.9 Å². The van der Waals surface area contributed by atoms with E-state index in [1.807, 2.05) is 60.7 Å². The smallest absolute Gasteiger partial charge is 0.135 e. The minimum atomic E-state index is -2.33. The molecule has 5 nitrogen and oxygen atoms in total. The fourth-order valence-electron chi connectivity index (χ4n) is 4.29. The van der Waals surface area contributed by atoms with E-state index in [1.54, 1.807) is 60.7 Å². The van der Waals surface area contributed by atoms with Gasteiger partial charge in [0, 0.05) is 83.1 Å². The largest absolute Gasteiger partial charge is 0.399 e. The Morgan fingerprint density at radius 2 is 1.14 bits per heavy atom. The normalized spacial score (nSPS) is 23.1. The van der Waals surface area contributed by atoms with Crippen molar-refractivity contribution in [3.05, 3.63) is 132 Å². The quantitative estimate of drug-likeness (QED) is 0.218. The summed E-state index contributed by atoms with van der Waals surface area (Å²) in [4.78, 5) is 13.9. The number of hydrogen-bond donors (Lipinski definition) is 2. The molecular formula is C38H48N4O. The zero-order valence-corrected chi connectivity index (χ0v) is 24.5. The minimum absolute atomic E-state index is 0.118. The van der Waals surface area contributed by atoms with E-state index < -0.39 is 38.2 Å². The number of nitrogens with zero attached hydrogens (tertiary/aromatic N) is 2. The van der Waals surface area contributed by atoms with E-state index in [1.165, 1.54) is 9.80 Å². The van der Waals surface area contributed by atoms with E-state index in [0.29, 0.717) is 24.8 Å². The van der Waals surface area contributed by atoms with Gasteiger partial charge in [-0.1, -0.05) is 97.1 Å². The second-order valence-electron chi connectivity index (χ2n) is 10.1. The summed E-state index contributed by atoms with van der Waals surface area (Å²) in [5.74, 6) is 0.118. The lowest BCUT2D eigenvalue weighted by atomic mass is 10.0. The molecule has 3 N–H and O–H groups in total. The summed E-state index contributed by atoms with van der Waals surface area (Å²) >= 11 is 0. The van der Waals surface area contributed by atoms with E-state index >= 15 is 0 Å². The van der Waals surface area contributed by atoms with Crippen LogP contribution in [0.15, 0.2) is 121 Å². The van der Waals surface area contributed by atoms with Crippen LogP contribution in [0.3, 0.4) is 0 Å². The van der Waals surface area contributed by atoms with E-state index in [-0.39, 0.29) is 37.5 Å². The summed E-state index contributed by atoms with van der Waals surface area (Å²) in [5.41, 5.74) is 7.57. The van der Waals surface area contributed by atoms with Gasteiger partial charge in [-0.25, -0.2) is 0 Å². The van der Waals surface area contributed by atoms with Gasteiger partial charge in [0.25, 0.3) is 0 Å². The maximum Gasteiger partial charge on any atom is 0.135 e. The maximum atomic E-state index is 11.2. The average Bonchev–Trinajstić information content (AvgIpc) is 3.14. The molecule has 0 bridgehead atoms. The van der Waals surface area contributed by atoms with Crippen LogP contribution in [-0.2, 0) is 17.5 Å². The van der Waals surface area contributed by atoms with E-state index in [0.717, 1.165) is 11.4 Å². The molecule has 5 heteroatoms. The molecule has 0 amide bonds. The van der Waals surface area contributed by atoms with Crippen LogP contribution in [0.25, 0.3) is 0 Å². The van der Waals surface area contributed by atoms with Crippen molar-refractivity contribution in [2.24, 2.45) is 0 Å². The van der Waals surface area contributed by atoms with Crippen molar-refractivity contribution in [1.82, 2.24) is 9.80 Å². The highest BCUT2D eigenvalue weighted by atomic mass is 16.1. The van der Waals surface area contributed by atoms with Gasteiger partial charge in [0.15, 0.2) is 0 Å². The highest BCUT2D eigenvalue weighted by molar-refractivity contribution is 5.79. The molecule has 2 saturated heterocycles. The number of aryl methyl sites for hydroxylation is 2. The maximum absolute atomic E-state index is 11.2. The van der Waals surface area contributed by atoms with Gasteiger partial charge >= 0.3 is 0 Å². The molecule has 4 aromatic carbocycles. The van der Waals surface area contributed by atoms with Gasteiger partial charge in [0.05, 0.1) is 0 Å². The molecular weight excluding hydrogens is 528 g/mol. The number of anilines is 2. The number of nitrogens with one attached hydrogen (secondary N) is 1. The Kier molecular flexibility index (Phi) is 9.02. The molecule has 2 aliphatic heterocycles. The first-order valence-corrected chi connectivity index (χ1v) is 14.6. The van der Waals surface area contributed by atoms with Crippen molar-refractivity contribution in [2.45, 2.75) is 44.4 Å². The lowest BCUT2D eigenvalue weighted by molar-refractivity contribution is -0.121. The Bertz CT molecular complexity index is 1710. The fraction of sp³-hybridized carbons (Fsp3) is 0.342. The number of carbonyl (C=O) groups excluding carboxylic acids is 1. The molecule has 0 aromatic heterocycles. The highest BCUT2D eigenvalue weighted by Gasteiger charge is 2.18. The van der Waals surface area contributed by atoms with Crippen LogP contribution < -0.4 is 11.1 Å². The summed E-state index contributed by atoms with van der Waals surface area (Å²) in [6.45, 7) is -3.83. The van der Waals surface area contributed by atoms with Gasteiger partial charge in [-0.2, -0.15) is 0 Å². The predicted octanol–water partition coefficient (Wildman–Crippen LogP) is 6.97. The van der Waals surface area contributed by atoms with Crippen LogP contribution >= 0.6 is 0 Å². The fourth-order valence-corrected chi connectivity index (χ4v) is 4.29. The average molecular weight is 587 g/mol. The van der Waals surface area contributed by atoms with Crippen molar-refractivity contribution in [3.63, 3.8) is 0 Å². The third kappa shape index (κ3) is 12.9. The Labute approximate surface area is 272 Å². The zero-order chi connectivity index (χ0) is 38.9. The van der Waals surface area contributed by atoms with Gasteiger partial charge in [0.2, 0.25) is 0 Å². The lowest BCUT2D eigenvalue weighted by Crippen LogP contribution is -2.40. The van der Waals surface area contributed by atoms with Crippen LogP contribution in [0.4, 0.5) is 11.4 Å². The molecule has 4 aromatic rings. The number of rotatable bonds is 8. The van der Waals surface area contributed by atoms with Crippen LogP contribution in [0.5, 0.6) is 0 Å². The van der Waals surface area contributed by atoms with Crippen LogP contribution in [0.1, 0.15) is 50.5 Å².